The molecule has 0 saturated heterocycles. The van der Waals surface area contributed by atoms with Gasteiger partial charge in [0.2, 0.25) is 0 Å². The topological polar surface area (TPSA) is 80.1 Å². The van der Waals surface area contributed by atoms with E-state index in [0.717, 1.165) is 23.4 Å². The monoisotopic (exact) mass is 471 g/mol. The molecule has 0 radical (unpaired) electrons. The first-order valence-corrected chi connectivity index (χ1v) is 12.2. The highest BCUT2D eigenvalue weighted by molar-refractivity contribution is 7.12. The molecule has 2 amide bonds. The molecule has 1 aromatic carbocycles. The number of rotatable bonds is 7. The number of hydrogen-bond acceptors (Lipinski definition) is 5. The summed E-state index contributed by atoms with van der Waals surface area (Å²) >= 11 is 1.43. The fraction of sp³-hybridized carbons (Fsp3) is 0.231. The van der Waals surface area contributed by atoms with Crippen molar-refractivity contribution in [3.63, 3.8) is 0 Å². The smallest absolute Gasteiger partial charge is 0.272 e. The van der Waals surface area contributed by atoms with Crippen molar-refractivity contribution in [1.82, 2.24) is 25.0 Å². The lowest BCUT2D eigenvalue weighted by Crippen LogP contribution is -2.37. The van der Waals surface area contributed by atoms with E-state index in [9.17, 15) is 9.59 Å². The van der Waals surface area contributed by atoms with Crippen molar-refractivity contribution in [2.45, 2.75) is 32.5 Å². The molecule has 4 heterocycles. The van der Waals surface area contributed by atoms with Crippen LogP contribution >= 0.6 is 11.3 Å². The molecule has 0 bridgehead atoms. The average molecular weight is 472 g/mol. The SMILES string of the molecule is O=C(NCc1ccccn1)c1nn(CCc2ccccc2)c2c1CN(C(=O)c1cccs1)CC2. The lowest BCUT2D eigenvalue weighted by Gasteiger charge is -2.27. The summed E-state index contributed by atoms with van der Waals surface area (Å²) in [5.74, 6) is -0.247. The Labute approximate surface area is 202 Å². The minimum atomic E-state index is -0.245. The molecule has 0 saturated carbocycles. The first-order valence-electron chi connectivity index (χ1n) is 11.3. The van der Waals surface area contributed by atoms with Gasteiger partial charge in [0, 0.05) is 37.0 Å². The zero-order chi connectivity index (χ0) is 23.3. The molecule has 0 atom stereocenters. The van der Waals surface area contributed by atoms with Gasteiger partial charge in [0.1, 0.15) is 0 Å². The molecule has 0 unspecified atom stereocenters. The highest BCUT2D eigenvalue weighted by atomic mass is 32.1. The quantitative estimate of drug-likeness (QED) is 0.446. The molecule has 0 spiro atoms. The second-order valence-corrected chi connectivity index (χ2v) is 9.14. The van der Waals surface area contributed by atoms with Crippen LogP contribution < -0.4 is 5.32 Å². The summed E-state index contributed by atoms with van der Waals surface area (Å²) in [7, 11) is 0. The molecule has 34 heavy (non-hydrogen) atoms. The van der Waals surface area contributed by atoms with Crippen molar-refractivity contribution in [3.8, 4) is 0 Å². The molecule has 7 nitrogen and oxygen atoms in total. The molecular formula is C26H25N5O2S. The van der Waals surface area contributed by atoms with Gasteiger partial charge in [0.25, 0.3) is 11.8 Å². The largest absolute Gasteiger partial charge is 0.345 e. The van der Waals surface area contributed by atoms with Gasteiger partial charge in [0.15, 0.2) is 5.69 Å². The van der Waals surface area contributed by atoms with Crippen LogP contribution in [-0.4, -0.2) is 38.0 Å². The van der Waals surface area contributed by atoms with Gasteiger partial charge in [-0.25, -0.2) is 0 Å². The number of fused-ring (bicyclic) bond motifs is 1. The minimum Gasteiger partial charge on any atom is -0.345 e. The lowest BCUT2D eigenvalue weighted by molar-refractivity contribution is 0.0735. The van der Waals surface area contributed by atoms with E-state index in [-0.39, 0.29) is 11.8 Å². The second kappa shape index (κ2) is 10.0. The summed E-state index contributed by atoms with van der Waals surface area (Å²) in [5.41, 5.74) is 4.26. The van der Waals surface area contributed by atoms with E-state index in [2.05, 4.69) is 22.4 Å². The van der Waals surface area contributed by atoms with Crippen LogP contribution in [0.2, 0.25) is 0 Å². The van der Waals surface area contributed by atoms with E-state index < -0.39 is 0 Å². The Kier molecular flexibility index (Phi) is 6.49. The summed E-state index contributed by atoms with van der Waals surface area (Å²) in [5, 5.41) is 9.57. The van der Waals surface area contributed by atoms with Gasteiger partial charge in [0.05, 0.1) is 23.7 Å². The first kappa shape index (κ1) is 22.0. The Morgan fingerprint density at radius 2 is 1.88 bits per heavy atom. The third-order valence-electron chi connectivity index (χ3n) is 5.98. The molecule has 1 aliphatic rings. The average Bonchev–Trinajstić information content (AvgIpc) is 3.55. The number of aryl methyl sites for hydroxylation is 2. The Bertz CT molecular complexity index is 1270. The number of benzene rings is 1. The van der Waals surface area contributed by atoms with Crippen molar-refractivity contribution in [2.24, 2.45) is 0 Å². The van der Waals surface area contributed by atoms with Crippen LogP contribution in [0.5, 0.6) is 0 Å². The number of amides is 2. The van der Waals surface area contributed by atoms with Crippen LogP contribution in [0.4, 0.5) is 0 Å². The zero-order valence-corrected chi connectivity index (χ0v) is 19.5. The number of nitrogens with zero attached hydrogens (tertiary/aromatic N) is 4. The third-order valence-corrected chi connectivity index (χ3v) is 6.84. The Morgan fingerprint density at radius 3 is 2.65 bits per heavy atom. The van der Waals surface area contributed by atoms with Gasteiger partial charge >= 0.3 is 0 Å². The molecule has 4 aromatic rings. The molecule has 1 N–H and O–H groups in total. The summed E-state index contributed by atoms with van der Waals surface area (Å²) < 4.78 is 1.95. The van der Waals surface area contributed by atoms with Gasteiger partial charge in [-0.05, 0) is 35.6 Å². The molecule has 8 heteroatoms. The zero-order valence-electron chi connectivity index (χ0n) is 18.7. The number of hydrogen-bond donors (Lipinski definition) is 1. The van der Waals surface area contributed by atoms with Gasteiger partial charge in [-0.15, -0.1) is 11.3 Å². The second-order valence-electron chi connectivity index (χ2n) is 8.19. The van der Waals surface area contributed by atoms with Crippen LogP contribution in [0.3, 0.4) is 0 Å². The molecule has 1 aliphatic heterocycles. The summed E-state index contributed by atoms with van der Waals surface area (Å²) in [6.45, 7) is 1.99. The summed E-state index contributed by atoms with van der Waals surface area (Å²) in [4.78, 5) is 32.9. The number of carbonyl (C=O) groups is 2. The van der Waals surface area contributed by atoms with E-state index in [0.29, 0.717) is 43.2 Å². The number of carbonyl (C=O) groups excluding carboxylic acids is 2. The first-order chi connectivity index (χ1) is 16.7. The maximum atomic E-state index is 13.2. The van der Waals surface area contributed by atoms with Crippen LogP contribution in [-0.2, 0) is 32.5 Å². The highest BCUT2D eigenvalue weighted by Gasteiger charge is 2.30. The van der Waals surface area contributed by atoms with Gasteiger partial charge in [-0.1, -0.05) is 42.5 Å². The Morgan fingerprint density at radius 1 is 1.03 bits per heavy atom. The van der Waals surface area contributed by atoms with Crippen molar-refractivity contribution in [1.29, 1.82) is 0 Å². The fourth-order valence-corrected chi connectivity index (χ4v) is 4.92. The van der Waals surface area contributed by atoms with Crippen molar-refractivity contribution >= 4 is 23.2 Å². The number of thiophene rings is 1. The molecule has 3 aromatic heterocycles. The van der Waals surface area contributed by atoms with Gasteiger partial charge in [-0.2, -0.15) is 5.10 Å². The normalized spacial score (nSPS) is 12.9. The maximum absolute atomic E-state index is 13.2. The summed E-state index contributed by atoms with van der Waals surface area (Å²) in [6.07, 6.45) is 3.19. The highest BCUT2D eigenvalue weighted by Crippen LogP contribution is 2.25. The van der Waals surface area contributed by atoms with Crippen LogP contribution in [0.1, 0.15) is 42.7 Å². The summed E-state index contributed by atoms with van der Waals surface area (Å²) in [6, 6.07) is 19.6. The number of pyridine rings is 1. The molecule has 0 aliphatic carbocycles. The molecule has 5 rings (SSSR count). The van der Waals surface area contributed by atoms with Crippen molar-refractivity contribution in [2.75, 3.05) is 6.54 Å². The molecule has 0 fully saturated rings. The fourth-order valence-electron chi connectivity index (χ4n) is 4.22. The van der Waals surface area contributed by atoms with E-state index >= 15 is 0 Å². The molecule has 172 valence electrons. The van der Waals surface area contributed by atoms with Crippen molar-refractivity contribution < 1.29 is 9.59 Å². The number of nitrogens with one attached hydrogen (secondary N) is 1. The van der Waals surface area contributed by atoms with Crippen LogP contribution in [0.15, 0.2) is 72.2 Å². The van der Waals surface area contributed by atoms with E-state index in [1.54, 1.807) is 6.20 Å². The van der Waals surface area contributed by atoms with E-state index in [1.165, 1.54) is 16.9 Å². The van der Waals surface area contributed by atoms with Gasteiger partial charge < -0.3 is 10.2 Å². The lowest BCUT2D eigenvalue weighted by atomic mass is 10.0. The predicted octanol–water partition coefficient (Wildman–Crippen LogP) is 3.71. The predicted molar refractivity (Wildman–Crippen MR) is 131 cm³/mol. The van der Waals surface area contributed by atoms with Crippen LogP contribution in [0.25, 0.3) is 0 Å². The Balaban J connectivity index is 1.39. The molecular weight excluding hydrogens is 446 g/mol. The third kappa shape index (κ3) is 4.77. The standard InChI is InChI=1S/C26H25N5O2S/c32-25(28-17-20-9-4-5-13-27-20)24-21-18-30(26(33)23-10-6-16-34-23)14-12-22(21)31(29-24)15-11-19-7-2-1-3-8-19/h1-10,13,16H,11-12,14-15,17-18H2,(H,28,32). The van der Waals surface area contributed by atoms with E-state index in [1.807, 2.05) is 63.5 Å². The number of aromatic nitrogens is 3. The Hall–Kier alpha value is -3.78. The maximum Gasteiger partial charge on any atom is 0.272 e. The van der Waals surface area contributed by atoms with E-state index in [4.69, 9.17) is 5.10 Å². The van der Waals surface area contributed by atoms with Gasteiger partial charge in [-0.3, -0.25) is 19.3 Å². The van der Waals surface area contributed by atoms with Crippen molar-refractivity contribution in [3.05, 3.63) is 105 Å². The minimum absolute atomic E-state index is 0.00229. The van der Waals surface area contributed by atoms with Crippen LogP contribution in [0, 0.1) is 0 Å².